The van der Waals surface area contributed by atoms with E-state index in [4.69, 9.17) is 11.6 Å². The molecular formula is C14H20ClN. The Morgan fingerprint density at radius 2 is 2.00 bits per heavy atom. The Morgan fingerprint density at radius 1 is 1.25 bits per heavy atom. The van der Waals surface area contributed by atoms with Crippen molar-refractivity contribution in [3.8, 4) is 0 Å². The second-order valence-corrected chi connectivity index (χ2v) is 5.60. The minimum absolute atomic E-state index is 0.438. The number of hydrogen-bond acceptors (Lipinski definition) is 1. The smallest absolute Gasteiger partial charge is 0.0342 e. The predicted octanol–water partition coefficient (Wildman–Crippen LogP) is 3.41. The molecule has 1 fully saturated rings. The monoisotopic (exact) mass is 237 g/mol. The lowest BCUT2D eigenvalue weighted by Crippen LogP contribution is -2.33. The number of rotatable bonds is 4. The fraction of sp³-hybridized carbons (Fsp3) is 0.571. The van der Waals surface area contributed by atoms with Crippen LogP contribution < -0.4 is 5.32 Å². The van der Waals surface area contributed by atoms with Crippen molar-refractivity contribution in [2.75, 3.05) is 6.54 Å². The summed E-state index contributed by atoms with van der Waals surface area (Å²) in [5, 5.41) is 3.95. The fourth-order valence-electron chi connectivity index (χ4n) is 2.16. The van der Waals surface area contributed by atoms with Crippen LogP contribution in [0.3, 0.4) is 0 Å². The molecule has 0 amide bonds. The van der Waals surface area contributed by atoms with Crippen LogP contribution in [-0.2, 0) is 6.54 Å². The van der Waals surface area contributed by atoms with Gasteiger partial charge in [0.1, 0.15) is 0 Å². The van der Waals surface area contributed by atoms with Gasteiger partial charge in [-0.25, -0.2) is 0 Å². The summed E-state index contributed by atoms with van der Waals surface area (Å²) >= 11 is 5.95. The number of nitrogens with one attached hydrogen (secondary N) is 1. The number of aryl methyl sites for hydroxylation is 2. The van der Waals surface area contributed by atoms with Crippen molar-refractivity contribution >= 4 is 11.6 Å². The minimum atomic E-state index is 0.438. The molecule has 1 aromatic rings. The largest absolute Gasteiger partial charge is 0.312 e. The SMILES string of the molecule is Cc1ccc(CNCC2CC(Cl)C2)cc1C. The second kappa shape index (κ2) is 5.20. The van der Waals surface area contributed by atoms with E-state index in [2.05, 4.69) is 37.4 Å². The molecule has 2 heteroatoms. The maximum absolute atomic E-state index is 5.95. The molecule has 0 aromatic heterocycles. The zero-order chi connectivity index (χ0) is 11.5. The maximum atomic E-state index is 5.95. The van der Waals surface area contributed by atoms with Gasteiger partial charge in [0.05, 0.1) is 0 Å². The Morgan fingerprint density at radius 3 is 2.62 bits per heavy atom. The van der Waals surface area contributed by atoms with Crippen LogP contribution >= 0.6 is 11.6 Å². The molecule has 0 bridgehead atoms. The van der Waals surface area contributed by atoms with Crippen LogP contribution in [0.4, 0.5) is 0 Å². The lowest BCUT2D eigenvalue weighted by Gasteiger charge is -2.31. The quantitative estimate of drug-likeness (QED) is 0.792. The van der Waals surface area contributed by atoms with Crippen molar-refractivity contribution in [1.82, 2.24) is 5.32 Å². The van der Waals surface area contributed by atoms with Gasteiger partial charge < -0.3 is 5.32 Å². The molecule has 1 aliphatic rings. The third-order valence-electron chi connectivity index (χ3n) is 3.51. The van der Waals surface area contributed by atoms with E-state index in [0.29, 0.717) is 5.38 Å². The Hall–Kier alpha value is -0.530. The van der Waals surface area contributed by atoms with E-state index in [1.54, 1.807) is 0 Å². The van der Waals surface area contributed by atoms with Gasteiger partial charge in [0.25, 0.3) is 0 Å². The standard InChI is InChI=1S/C14H20ClN/c1-10-3-4-12(5-11(10)2)8-16-9-13-6-14(15)7-13/h3-5,13-14,16H,6-9H2,1-2H3. The molecule has 1 aliphatic carbocycles. The zero-order valence-electron chi connectivity index (χ0n) is 10.1. The Balaban J connectivity index is 1.74. The molecule has 0 atom stereocenters. The Labute approximate surface area is 103 Å². The van der Waals surface area contributed by atoms with Crippen LogP contribution in [-0.4, -0.2) is 11.9 Å². The summed E-state index contributed by atoms with van der Waals surface area (Å²) in [5.74, 6) is 0.800. The van der Waals surface area contributed by atoms with Crippen molar-refractivity contribution < 1.29 is 0 Å². The van der Waals surface area contributed by atoms with E-state index < -0.39 is 0 Å². The average Bonchev–Trinajstić information content (AvgIpc) is 2.21. The summed E-state index contributed by atoms with van der Waals surface area (Å²) in [7, 11) is 0. The highest BCUT2D eigenvalue weighted by Crippen LogP contribution is 2.31. The molecule has 0 spiro atoms. The number of hydrogen-bond donors (Lipinski definition) is 1. The van der Waals surface area contributed by atoms with E-state index in [1.165, 1.54) is 29.5 Å². The summed E-state index contributed by atoms with van der Waals surface area (Å²) in [4.78, 5) is 0. The highest BCUT2D eigenvalue weighted by molar-refractivity contribution is 6.21. The molecule has 0 aliphatic heterocycles. The van der Waals surface area contributed by atoms with E-state index in [9.17, 15) is 0 Å². The molecular weight excluding hydrogens is 218 g/mol. The molecule has 1 saturated carbocycles. The summed E-state index contributed by atoms with van der Waals surface area (Å²) < 4.78 is 0. The first-order valence-electron chi connectivity index (χ1n) is 6.06. The molecule has 1 aromatic carbocycles. The normalized spacial score (nSPS) is 24.2. The zero-order valence-corrected chi connectivity index (χ0v) is 10.8. The van der Waals surface area contributed by atoms with Crippen molar-refractivity contribution in [2.45, 2.75) is 38.6 Å². The highest BCUT2D eigenvalue weighted by atomic mass is 35.5. The number of benzene rings is 1. The van der Waals surface area contributed by atoms with Crippen LogP contribution in [0.5, 0.6) is 0 Å². The summed E-state index contributed by atoms with van der Waals surface area (Å²) in [5.41, 5.74) is 4.13. The lowest BCUT2D eigenvalue weighted by molar-refractivity contribution is 0.308. The van der Waals surface area contributed by atoms with Crippen LogP contribution in [0.1, 0.15) is 29.5 Å². The molecule has 2 rings (SSSR count). The molecule has 1 N–H and O–H groups in total. The van der Waals surface area contributed by atoms with Gasteiger partial charge >= 0.3 is 0 Å². The average molecular weight is 238 g/mol. The molecule has 0 radical (unpaired) electrons. The van der Waals surface area contributed by atoms with Gasteiger partial charge in [0.15, 0.2) is 0 Å². The first kappa shape index (κ1) is 11.9. The highest BCUT2D eigenvalue weighted by Gasteiger charge is 2.26. The minimum Gasteiger partial charge on any atom is -0.312 e. The first-order valence-corrected chi connectivity index (χ1v) is 6.49. The third-order valence-corrected chi connectivity index (χ3v) is 3.87. The summed E-state index contributed by atoms with van der Waals surface area (Å²) in [6.45, 7) is 6.41. The topological polar surface area (TPSA) is 12.0 Å². The van der Waals surface area contributed by atoms with Gasteiger partial charge in [0.2, 0.25) is 0 Å². The van der Waals surface area contributed by atoms with Crippen LogP contribution in [0.2, 0.25) is 0 Å². The van der Waals surface area contributed by atoms with Crippen molar-refractivity contribution in [2.24, 2.45) is 5.92 Å². The van der Waals surface area contributed by atoms with E-state index >= 15 is 0 Å². The molecule has 1 nitrogen and oxygen atoms in total. The van der Waals surface area contributed by atoms with Crippen molar-refractivity contribution in [3.63, 3.8) is 0 Å². The molecule has 0 heterocycles. The van der Waals surface area contributed by atoms with Crippen LogP contribution in [0, 0.1) is 19.8 Å². The van der Waals surface area contributed by atoms with E-state index in [0.717, 1.165) is 19.0 Å². The van der Waals surface area contributed by atoms with Gasteiger partial charge in [0, 0.05) is 11.9 Å². The number of halogens is 1. The Bertz CT molecular complexity index is 356. The van der Waals surface area contributed by atoms with Crippen LogP contribution in [0.25, 0.3) is 0 Å². The van der Waals surface area contributed by atoms with Crippen molar-refractivity contribution in [1.29, 1.82) is 0 Å². The molecule has 16 heavy (non-hydrogen) atoms. The van der Waals surface area contributed by atoms with E-state index in [1.807, 2.05) is 0 Å². The van der Waals surface area contributed by atoms with Gasteiger partial charge in [-0.3, -0.25) is 0 Å². The number of alkyl halides is 1. The second-order valence-electron chi connectivity index (χ2n) is 4.98. The molecule has 0 unspecified atom stereocenters. The van der Waals surface area contributed by atoms with Gasteiger partial charge in [-0.1, -0.05) is 18.2 Å². The maximum Gasteiger partial charge on any atom is 0.0342 e. The predicted molar refractivity (Wildman–Crippen MR) is 70.0 cm³/mol. The third kappa shape index (κ3) is 2.99. The first-order chi connectivity index (χ1) is 7.65. The summed E-state index contributed by atoms with van der Waals surface area (Å²) in [6, 6.07) is 6.68. The van der Waals surface area contributed by atoms with E-state index in [-0.39, 0.29) is 0 Å². The summed E-state index contributed by atoms with van der Waals surface area (Å²) in [6.07, 6.45) is 2.36. The van der Waals surface area contributed by atoms with Crippen molar-refractivity contribution in [3.05, 3.63) is 34.9 Å². The Kier molecular flexibility index (Phi) is 3.88. The van der Waals surface area contributed by atoms with Gasteiger partial charge in [-0.15, -0.1) is 11.6 Å². The van der Waals surface area contributed by atoms with Gasteiger partial charge in [-0.05, 0) is 55.8 Å². The fourth-order valence-corrected chi connectivity index (χ4v) is 2.66. The van der Waals surface area contributed by atoms with Crippen LogP contribution in [0.15, 0.2) is 18.2 Å². The lowest BCUT2D eigenvalue weighted by atomic mass is 9.85. The molecule has 88 valence electrons. The van der Waals surface area contributed by atoms with Gasteiger partial charge in [-0.2, -0.15) is 0 Å². The molecule has 0 saturated heterocycles.